The zero-order valence-corrected chi connectivity index (χ0v) is 23.7. The molecule has 10 heteroatoms. The lowest BCUT2D eigenvalue weighted by Crippen LogP contribution is -2.37. The summed E-state index contributed by atoms with van der Waals surface area (Å²) in [6, 6.07) is 12.7. The Morgan fingerprint density at radius 1 is 1.05 bits per heavy atom. The number of nitrogens with zero attached hydrogens (tertiary/aromatic N) is 4. The summed E-state index contributed by atoms with van der Waals surface area (Å²) in [6.07, 6.45) is 1.69. The number of methoxy groups -OCH3 is 2. The maximum Gasteiger partial charge on any atom is 0.263 e. The highest BCUT2D eigenvalue weighted by Crippen LogP contribution is 2.31. The minimum atomic E-state index is -0.381. The van der Waals surface area contributed by atoms with Gasteiger partial charge >= 0.3 is 0 Å². The Balaban J connectivity index is 1.91. The molecule has 2 aromatic carbocycles. The first kappa shape index (κ1) is 28.1. The second-order valence-corrected chi connectivity index (χ2v) is 10.2. The molecule has 2 heterocycles. The van der Waals surface area contributed by atoms with Crippen molar-refractivity contribution in [2.45, 2.75) is 33.0 Å². The SMILES string of the molecule is COc1cc(CN(C)C)cc(-c2cnc3nc(-c4ccc(Cl)c(OC)c4)n(CC(=O)NC(C)C)c(=O)c3c2)c1. The molecule has 0 aliphatic heterocycles. The van der Waals surface area contributed by atoms with Crippen molar-refractivity contribution in [3.63, 3.8) is 0 Å². The monoisotopic (exact) mass is 549 g/mol. The van der Waals surface area contributed by atoms with Gasteiger partial charge in [0, 0.05) is 29.9 Å². The molecule has 204 valence electrons. The van der Waals surface area contributed by atoms with Crippen LogP contribution in [0.5, 0.6) is 11.5 Å². The van der Waals surface area contributed by atoms with Crippen LogP contribution in [-0.4, -0.2) is 59.7 Å². The molecule has 0 atom stereocenters. The fourth-order valence-electron chi connectivity index (χ4n) is 4.34. The lowest BCUT2D eigenvalue weighted by atomic mass is 10.0. The Hall–Kier alpha value is -3.95. The second kappa shape index (κ2) is 11.8. The molecule has 0 saturated heterocycles. The first-order chi connectivity index (χ1) is 18.6. The number of hydrogen-bond donors (Lipinski definition) is 1. The number of fused-ring (bicyclic) bond motifs is 1. The van der Waals surface area contributed by atoms with Gasteiger partial charge in [0.25, 0.3) is 5.56 Å². The average Bonchev–Trinajstić information content (AvgIpc) is 2.89. The Bertz CT molecular complexity index is 1580. The summed E-state index contributed by atoms with van der Waals surface area (Å²) < 4.78 is 12.2. The molecule has 1 N–H and O–H groups in total. The minimum Gasteiger partial charge on any atom is -0.497 e. The van der Waals surface area contributed by atoms with Crippen molar-refractivity contribution in [2.75, 3.05) is 28.3 Å². The van der Waals surface area contributed by atoms with Gasteiger partial charge in [-0.3, -0.25) is 14.2 Å². The van der Waals surface area contributed by atoms with Crippen molar-refractivity contribution < 1.29 is 14.3 Å². The summed E-state index contributed by atoms with van der Waals surface area (Å²) in [6.45, 7) is 4.23. The van der Waals surface area contributed by atoms with Crippen LogP contribution in [0.4, 0.5) is 0 Å². The van der Waals surface area contributed by atoms with Gasteiger partial charge in [0.1, 0.15) is 23.9 Å². The van der Waals surface area contributed by atoms with Crippen molar-refractivity contribution in [3.8, 4) is 34.0 Å². The summed E-state index contributed by atoms with van der Waals surface area (Å²) in [5.41, 5.74) is 3.11. The molecule has 4 rings (SSSR count). The largest absolute Gasteiger partial charge is 0.497 e. The van der Waals surface area contributed by atoms with E-state index in [4.69, 9.17) is 26.1 Å². The topological polar surface area (TPSA) is 98.6 Å². The number of benzene rings is 2. The van der Waals surface area contributed by atoms with Gasteiger partial charge in [-0.2, -0.15) is 0 Å². The molecule has 4 aromatic rings. The number of aromatic nitrogens is 3. The third kappa shape index (κ3) is 6.38. The number of amides is 1. The third-order valence-electron chi connectivity index (χ3n) is 6.00. The van der Waals surface area contributed by atoms with Crippen LogP contribution in [0.1, 0.15) is 19.4 Å². The van der Waals surface area contributed by atoms with E-state index in [9.17, 15) is 9.59 Å². The van der Waals surface area contributed by atoms with Crippen molar-refractivity contribution in [3.05, 3.63) is 69.6 Å². The molecule has 39 heavy (non-hydrogen) atoms. The summed E-state index contributed by atoms with van der Waals surface area (Å²) in [5, 5.41) is 3.56. The van der Waals surface area contributed by atoms with Crippen molar-refractivity contribution in [1.82, 2.24) is 24.8 Å². The van der Waals surface area contributed by atoms with Gasteiger partial charge in [0.2, 0.25) is 5.91 Å². The van der Waals surface area contributed by atoms with Crippen LogP contribution in [0.25, 0.3) is 33.5 Å². The third-order valence-corrected chi connectivity index (χ3v) is 6.32. The Kier molecular flexibility index (Phi) is 8.52. The van der Waals surface area contributed by atoms with Crippen LogP contribution in [0.3, 0.4) is 0 Å². The van der Waals surface area contributed by atoms with E-state index >= 15 is 0 Å². The molecule has 0 saturated carbocycles. The average molecular weight is 550 g/mol. The molecule has 0 radical (unpaired) electrons. The number of carbonyl (C=O) groups is 1. The molecule has 9 nitrogen and oxygen atoms in total. The molecule has 0 bridgehead atoms. The lowest BCUT2D eigenvalue weighted by Gasteiger charge is -2.16. The maximum atomic E-state index is 13.9. The minimum absolute atomic E-state index is 0.0848. The van der Waals surface area contributed by atoms with Crippen molar-refractivity contribution >= 4 is 28.5 Å². The number of carbonyl (C=O) groups excluding carboxylic acids is 1. The van der Waals surface area contributed by atoms with Gasteiger partial charge < -0.3 is 19.7 Å². The van der Waals surface area contributed by atoms with E-state index in [1.165, 1.54) is 11.7 Å². The van der Waals surface area contributed by atoms with E-state index in [2.05, 4.69) is 15.2 Å². The predicted octanol–water partition coefficient (Wildman–Crippen LogP) is 4.38. The highest BCUT2D eigenvalue weighted by atomic mass is 35.5. The lowest BCUT2D eigenvalue weighted by molar-refractivity contribution is -0.122. The van der Waals surface area contributed by atoms with Gasteiger partial charge in [-0.05, 0) is 81.5 Å². The summed E-state index contributed by atoms with van der Waals surface area (Å²) >= 11 is 6.23. The Morgan fingerprint density at radius 3 is 2.49 bits per heavy atom. The summed E-state index contributed by atoms with van der Waals surface area (Å²) in [5.74, 6) is 1.12. The molecule has 0 spiro atoms. The molecule has 0 fully saturated rings. The normalized spacial score (nSPS) is 11.3. The van der Waals surface area contributed by atoms with Crippen molar-refractivity contribution in [2.24, 2.45) is 0 Å². The van der Waals surface area contributed by atoms with Crippen LogP contribution >= 0.6 is 11.6 Å². The second-order valence-electron chi connectivity index (χ2n) is 9.80. The van der Waals surface area contributed by atoms with Gasteiger partial charge in [-0.25, -0.2) is 9.97 Å². The van der Waals surface area contributed by atoms with E-state index in [1.807, 2.05) is 46.1 Å². The van der Waals surface area contributed by atoms with E-state index in [0.29, 0.717) is 27.5 Å². The number of rotatable bonds is 9. The van der Waals surface area contributed by atoms with Gasteiger partial charge in [0.05, 0.1) is 24.6 Å². The number of ether oxygens (including phenoxy) is 2. The zero-order valence-electron chi connectivity index (χ0n) is 22.9. The number of pyridine rings is 1. The van der Waals surface area contributed by atoms with Crippen LogP contribution in [-0.2, 0) is 17.9 Å². The zero-order chi connectivity index (χ0) is 28.3. The van der Waals surface area contributed by atoms with Gasteiger partial charge in [-0.1, -0.05) is 11.6 Å². The number of hydrogen-bond acceptors (Lipinski definition) is 7. The molecule has 2 aromatic heterocycles. The van der Waals surface area contributed by atoms with Gasteiger partial charge in [-0.15, -0.1) is 0 Å². The first-order valence-corrected chi connectivity index (χ1v) is 12.8. The number of nitrogens with one attached hydrogen (secondary N) is 1. The van der Waals surface area contributed by atoms with Gasteiger partial charge in [0.15, 0.2) is 5.65 Å². The maximum absolute atomic E-state index is 13.9. The smallest absolute Gasteiger partial charge is 0.263 e. The number of halogens is 1. The Morgan fingerprint density at radius 2 is 1.82 bits per heavy atom. The van der Waals surface area contributed by atoms with Crippen molar-refractivity contribution in [1.29, 1.82) is 0 Å². The summed E-state index contributed by atoms with van der Waals surface area (Å²) in [7, 11) is 7.12. The fraction of sp³-hybridized carbons (Fsp3) is 0.310. The standard InChI is InChI=1S/C29H32ClN5O4/c1-17(2)32-26(36)16-35-28(19-7-8-24(30)25(13-19)39-6)33-27-23(29(35)37)12-21(14-31-27)20-9-18(15-34(3)4)10-22(11-20)38-5/h7-14,17H,15-16H2,1-6H3,(H,32,36). The fourth-order valence-corrected chi connectivity index (χ4v) is 4.54. The molecule has 1 amide bonds. The van der Waals surface area contributed by atoms with E-state index in [0.717, 1.165) is 23.2 Å². The Labute approximate surface area is 232 Å². The first-order valence-electron chi connectivity index (χ1n) is 12.5. The van der Waals surface area contributed by atoms with Crippen LogP contribution in [0.2, 0.25) is 5.02 Å². The highest BCUT2D eigenvalue weighted by Gasteiger charge is 2.19. The van der Waals surface area contributed by atoms with E-state index in [-0.39, 0.29) is 35.5 Å². The molecule has 0 aliphatic carbocycles. The quantitative estimate of drug-likeness (QED) is 0.331. The van der Waals surface area contributed by atoms with Crippen LogP contribution in [0.15, 0.2) is 53.5 Å². The predicted molar refractivity (Wildman–Crippen MR) is 153 cm³/mol. The summed E-state index contributed by atoms with van der Waals surface area (Å²) in [4.78, 5) is 38.0. The molecule has 0 aliphatic rings. The molecular weight excluding hydrogens is 518 g/mol. The van der Waals surface area contributed by atoms with E-state index in [1.54, 1.807) is 37.6 Å². The van der Waals surface area contributed by atoms with E-state index < -0.39 is 0 Å². The highest BCUT2D eigenvalue weighted by molar-refractivity contribution is 6.32. The molecule has 0 unspecified atom stereocenters. The molecular formula is C29H32ClN5O4. The van der Waals surface area contributed by atoms with Crippen LogP contribution in [0, 0.1) is 0 Å². The van der Waals surface area contributed by atoms with Crippen LogP contribution < -0.4 is 20.3 Å².